The Balaban J connectivity index is 2.11. The van der Waals surface area contributed by atoms with Crippen molar-refractivity contribution in [1.82, 2.24) is 5.32 Å². The van der Waals surface area contributed by atoms with Gasteiger partial charge in [-0.3, -0.25) is 14.9 Å². The van der Waals surface area contributed by atoms with Gasteiger partial charge in [0.2, 0.25) is 0 Å². The van der Waals surface area contributed by atoms with E-state index in [1.165, 1.54) is 7.11 Å². The van der Waals surface area contributed by atoms with Gasteiger partial charge in [0, 0.05) is 19.7 Å². The molecule has 0 atom stereocenters. The molecule has 1 N–H and O–H groups in total. The van der Waals surface area contributed by atoms with Crippen LogP contribution in [0, 0.1) is 15.9 Å². The number of halogens is 1. The number of amides is 1. The van der Waals surface area contributed by atoms with Crippen LogP contribution in [0.1, 0.15) is 15.9 Å². The van der Waals surface area contributed by atoms with Crippen LogP contribution in [0.2, 0.25) is 0 Å². The Labute approximate surface area is 143 Å². The molecule has 0 saturated heterocycles. The van der Waals surface area contributed by atoms with Gasteiger partial charge in [0.1, 0.15) is 18.2 Å². The number of hydrogen-bond acceptors (Lipinski definition) is 5. The first-order valence-electron chi connectivity index (χ1n) is 7.44. The molecule has 0 fully saturated rings. The molecule has 0 unspecified atom stereocenters. The molecule has 8 heteroatoms. The van der Waals surface area contributed by atoms with Crippen molar-refractivity contribution in [1.29, 1.82) is 0 Å². The topological polar surface area (TPSA) is 90.7 Å². The van der Waals surface area contributed by atoms with Gasteiger partial charge >= 0.3 is 0 Å². The number of ether oxygens (including phenoxy) is 2. The highest BCUT2D eigenvalue weighted by Crippen LogP contribution is 2.21. The van der Waals surface area contributed by atoms with Crippen LogP contribution in [-0.2, 0) is 11.3 Å². The first-order valence-corrected chi connectivity index (χ1v) is 7.44. The second-order valence-corrected chi connectivity index (χ2v) is 5.05. The maximum Gasteiger partial charge on any atom is 0.274 e. The minimum absolute atomic E-state index is 0.0798. The number of benzene rings is 2. The fraction of sp³-hybridized carbons (Fsp3) is 0.235. The smallest absolute Gasteiger partial charge is 0.274 e. The molecule has 25 heavy (non-hydrogen) atoms. The largest absolute Gasteiger partial charge is 0.490 e. The predicted octanol–water partition coefficient (Wildman–Crippen LogP) is 2.69. The van der Waals surface area contributed by atoms with Gasteiger partial charge in [0.25, 0.3) is 11.6 Å². The highest BCUT2D eigenvalue weighted by atomic mass is 19.1. The van der Waals surface area contributed by atoms with Gasteiger partial charge in [-0.1, -0.05) is 12.1 Å². The number of hydrogen-bond donors (Lipinski definition) is 1. The van der Waals surface area contributed by atoms with Crippen LogP contribution in [0.4, 0.5) is 10.1 Å². The molecular formula is C17H17FN2O5. The van der Waals surface area contributed by atoms with Crippen molar-refractivity contribution in [3.05, 3.63) is 69.5 Å². The Bertz CT molecular complexity index is 766. The SMILES string of the molecule is COCCOc1ccccc1C(=O)NCc1cc(F)ccc1[N+](=O)[O-]. The third-order valence-electron chi connectivity index (χ3n) is 3.35. The number of nitro groups is 1. The second kappa shape index (κ2) is 8.74. The zero-order valence-corrected chi connectivity index (χ0v) is 13.5. The minimum Gasteiger partial charge on any atom is -0.490 e. The van der Waals surface area contributed by atoms with Crippen molar-refractivity contribution in [3.63, 3.8) is 0 Å². The van der Waals surface area contributed by atoms with Crippen LogP contribution in [0.3, 0.4) is 0 Å². The van der Waals surface area contributed by atoms with Crippen LogP contribution in [0.15, 0.2) is 42.5 Å². The van der Waals surface area contributed by atoms with Gasteiger partial charge in [-0.25, -0.2) is 4.39 Å². The van der Waals surface area contributed by atoms with E-state index in [2.05, 4.69) is 5.32 Å². The van der Waals surface area contributed by atoms with Gasteiger partial charge < -0.3 is 14.8 Å². The normalized spacial score (nSPS) is 10.3. The maximum absolute atomic E-state index is 13.3. The van der Waals surface area contributed by atoms with Crippen molar-refractivity contribution in [2.45, 2.75) is 6.54 Å². The quantitative estimate of drug-likeness (QED) is 0.450. The third-order valence-corrected chi connectivity index (χ3v) is 3.35. The lowest BCUT2D eigenvalue weighted by molar-refractivity contribution is -0.385. The van der Waals surface area contributed by atoms with Gasteiger partial charge in [-0.2, -0.15) is 0 Å². The zero-order chi connectivity index (χ0) is 18.2. The Morgan fingerprint density at radius 2 is 2.00 bits per heavy atom. The van der Waals surface area contributed by atoms with E-state index in [-0.39, 0.29) is 30.0 Å². The van der Waals surface area contributed by atoms with E-state index in [0.29, 0.717) is 12.4 Å². The Morgan fingerprint density at radius 3 is 2.72 bits per heavy atom. The average molecular weight is 348 g/mol. The predicted molar refractivity (Wildman–Crippen MR) is 88.0 cm³/mol. The molecule has 0 aliphatic heterocycles. The monoisotopic (exact) mass is 348 g/mol. The van der Waals surface area contributed by atoms with Crippen molar-refractivity contribution >= 4 is 11.6 Å². The van der Waals surface area contributed by atoms with E-state index in [1.54, 1.807) is 24.3 Å². The molecule has 0 saturated carbocycles. The molecule has 0 heterocycles. The lowest BCUT2D eigenvalue weighted by atomic mass is 10.1. The van der Waals surface area contributed by atoms with Crippen molar-refractivity contribution < 1.29 is 23.6 Å². The summed E-state index contributed by atoms with van der Waals surface area (Å²) in [5.41, 5.74) is 0.0973. The van der Waals surface area contributed by atoms with Crippen LogP contribution in [0.5, 0.6) is 5.75 Å². The van der Waals surface area contributed by atoms with E-state index in [1.807, 2.05) is 0 Å². The van der Waals surface area contributed by atoms with Crippen LogP contribution in [-0.4, -0.2) is 31.2 Å². The molecule has 0 aromatic heterocycles. The molecule has 2 aromatic carbocycles. The molecule has 2 aromatic rings. The molecule has 7 nitrogen and oxygen atoms in total. The summed E-state index contributed by atoms with van der Waals surface area (Å²) in [6.07, 6.45) is 0. The summed E-state index contributed by atoms with van der Waals surface area (Å²) in [6, 6.07) is 9.69. The molecule has 0 radical (unpaired) electrons. The second-order valence-electron chi connectivity index (χ2n) is 5.05. The number of para-hydroxylation sites is 1. The minimum atomic E-state index is -0.622. The van der Waals surface area contributed by atoms with Crippen LogP contribution >= 0.6 is 0 Å². The Kier molecular flexibility index (Phi) is 6.41. The van der Waals surface area contributed by atoms with Gasteiger partial charge in [0.15, 0.2) is 0 Å². The highest BCUT2D eigenvalue weighted by Gasteiger charge is 2.17. The number of nitro benzene ring substituents is 1. The molecule has 2 rings (SSSR count). The fourth-order valence-electron chi connectivity index (χ4n) is 2.16. The lowest BCUT2D eigenvalue weighted by Gasteiger charge is -2.11. The van der Waals surface area contributed by atoms with E-state index in [0.717, 1.165) is 18.2 Å². The number of nitrogens with one attached hydrogen (secondary N) is 1. The summed E-state index contributed by atoms with van der Waals surface area (Å²) in [5.74, 6) is -0.726. The number of methoxy groups -OCH3 is 1. The Hall–Kier alpha value is -3.00. The summed E-state index contributed by atoms with van der Waals surface area (Å²) in [7, 11) is 1.54. The molecular weight excluding hydrogens is 331 g/mol. The molecule has 132 valence electrons. The third kappa shape index (κ3) is 4.98. The summed E-state index contributed by atoms with van der Waals surface area (Å²) in [5, 5.41) is 13.5. The number of rotatable bonds is 8. The van der Waals surface area contributed by atoms with Gasteiger partial charge in [-0.05, 0) is 24.3 Å². The van der Waals surface area contributed by atoms with Gasteiger partial charge in [0.05, 0.1) is 22.7 Å². The van der Waals surface area contributed by atoms with Crippen molar-refractivity contribution in [3.8, 4) is 5.75 Å². The van der Waals surface area contributed by atoms with E-state index in [4.69, 9.17) is 9.47 Å². The first kappa shape index (κ1) is 18.3. The van der Waals surface area contributed by atoms with Crippen LogP contribution in [0.25, 0.3) is 0 Å². The lowest BCUT2D eigenvalue weighted by Crippen LogP contribution is -2.24. The molecule has 0 spiro atoms. The number of carbonyl (C=O) groups is 1. The molecule has 0 aliphatic rings. The molecule has 1 amide bonds. The summed E-state index contributed by atoms with van der Waals surface area (Å²) >= 11 is 0. The summed E-state index contributed by atoms with van der Waals surface area (Å²) in [4.78, 5) is 22.7. The maximum atomic E-state index is 13.3. The number of nitrogens with zero attached hydrogens (tertiary/aromatic N) is 1. The van der Waals surface area contributed by atoms with E-state index >= 15 is 0 Å². The van der Waals surface area contributed by atoms with Crippen molar-refractivity contribution in [2.75, 3.05) is 20.3 Å². The summed E-state index contributed by atoms with van der Waals surface area (Å²) in [6.45, 7) is 0.459. The first-order chi connectivity index (χ1) is 12.0. The Morgan fingerprint density at radius 1 is 1.24 bits per heavy atom. The van der Waals surface area contributed by atoms with Crippen LogP contribution < -0.4 is 10.1 Å². The fourth-order valence-corrected chi connectivity index (χ4v) is 2.16. The molecule has 0 aliphatic carbocycles. The van der Waals surface area contributed by atoms with E-state index in [9.17, 15) is 19.3 Å². The van der Waals surface area contributed by atoms with Crippen molar-refractivity contribution in [2.24, 2.45) is 0 Å². The number of carbonyl (C=O) groups excluding carboxylic acids is 1. The van der Waals surface area contributed by atoms with Gasteiger partial charge in [-0.15, -0.1) is 0 Å². The van der Waals surface area contributed by atoms with E-state index < -0.39 is 16.6 Å². The average Bonchev–Trinajstić information content (AvgIpc) is 2.60. The molecule has 0 bridgehead atoms. The standard InChI is InChI=1S/C17H17FN2O5/c1-24-8-9-25-16-5-3-2-4-14(16)17(21)19-11-12-10-13(18)6-7-15(12)20(22)23/h2-7,10H,8-9,11H2,1H3,(H,19,21). The highest BCUT2D eigenvalue weighted by molar-refractivity contribution is 5.96. The summed E-state index contributed by atoms with van der Waals surface area (Å²) < 4.78 is 23.7. The zero-order valence-electron chi connectivity index (χ0n) is 13.5.